The first-order valence-electron chi connectivity index (χ1n) is 10.7. The Balaban J connectivity index is 1.65. The van der Waals surface area contributed by atoms with E-state index in [9.17, 15) is 9.59 Å². The van der Waals surface area contributed by atoms with Crippen LogP contribution in [0, 0.1) is 5.92 Å². The molecule has 6 nitrogen and oxygen atoms in total. The van der Waals surface area contributed by atoms with Crippen molar-refractivity contribution in [2.45, 2.75) is 33.1 Å². The second-order valence-electron chi connectivity index (χ2n) is 7.98. The van der Waals surface area contributed by atoms with Gasteiger partial charge in [-0.05, 0) is 61.7 Å². The van der Waals surface area contributed by atoms with Crippen molar-refractivity contribution in [1.29, 1.82) is 0 Å². The average Bonchev–Trinajstić information content (AvgIpc) is 3.28. The predicted octanol–water partition coefficient (Wildman–Crippen LogP) is 4.47. The number of hydrogen-bond acceptors (Lipinski definition) is 4. The minimum absolute atomic E-state index is 0.0291. The summed E-state index contributed by atoms with van der Waals surface area (Å²) in [5, 5.41) is 5.83. The summed E-state index contributed by atoms with van der Waals surface area (Å²) in [4.78, 5) is 27.5. The van der Waals surface area contributed by atoms with Gasteiger partial charge in [-0.1, -0.05) is 38.1 Å². The van der Waals surface area contributed by atoms with E-state index in [0.717, 1.165) is 32.4 Å². The van der Waals surface area contributed by atoms with Gasteiger partial charge in [0.25, 0.3) is 11.8 Å². The van der Waals surface area contributed by atoms with Crippen molar-refractivity contribution >= 4 is 34.8 Å². The quantitative estimate of drug-likeness (QED) is 0.623. The summed E-state index contributed by atoms with van der Waals surface area (Å²) in [5.74, 6) is 0.647. The number of nitrogens with one attached hydrogen (secondary N) is 2. The summed E-state index contributed by atoms with van der Waals surface area (Å²) in [5.41, 5.74) is 1.53. The third-order valence-corrected chi connectivity index (χ3v) is 5.31. The lowest BCUT2D eigenvalue weighted by atomic mass is 10.1. The van der Waals surface area contributed by atoms with Gasteiger partial charge in [0.1, 0.15) is 5.75 Å². The number of nitrogens with zero attached hydrogens (tertiary/aromatic N) is 1. The Kier molecular flexibility index (Phi) is 8.00. The van der Waals surface area contributed by atoms with E-state index in [2.05, 4.69) is 24.5 Å². The molecule has 2 amide bonds. The molecule has 2 aromatic carbocycles. The number of ether oxygens (including phenoxy) is 1. The van der Waals surface area contributed by atoms with Crippen LogP contribution >= 0.6 is 12.2 Å². The molecule has 2 N–H and O–H groups in total. The maximum atomic E-state index is 12.8. The normalized spacial score (nSPS) is 13.2. The second-order valence-corrected chi connectivity index (χ2v) is 8.39. The van der Waals surface area contributed by atoms with E-state index < -0.39 is 0 Å². The van der Waals surface area contributed by atoms with Crippen LogP contribution < -0.4 is 15.4 Å². The van der Waals surface area contributed by atoms with Gasteiger partial charge in [-0.25, -0.2) is 0 Å². The largest absolute Gasteiger partial charge is 0.493 e. The van der Waals surface area contributed by atoms with Crippen LogP contribution in [0.25, 0.3) is 0 Å². The smallest absolute Gasteiger partial charge is 0.261 e. The molecule has 164 valence electrons. The summed E-state index contributed by atoms with van der Waals surface area (Å²) in [6, 6.07) is 14.3. The molecular formula is C24H29N3O3S. The van der Waals surface area contributed by atoms with Crippen LogP contribution in [0.4, 0.5) is 5.69 Å². The van der Waals surface area contributed by atoms with Gasteiger partial charge in [-0.3, -0.25) is 14.9 Å². The lowest BCUT2D eigenvalue weighted by molar-refractivity contribution is 0.0793. The summed E-state index contributed by atoms with van der Waals surface area (Å²) < 4.78 is 5.80. The number of para-hydroxylation sites is 2. The SMILES string of the molecule is CC(C)CCOc1ccccc1C(=O)NC(=S)Nc1ccccc1C(=O)N1CCCC1. The average molecular weight is 440 g/mol. The van der Waals surface area contributed by atoms with Gasteiger partial charge in [0, 0.05) is 13.1 Å². The Morgan fingerprint density at radius 1 is 1.03 bits per heavy atom. The van der Waals surface area contributed by atoms with Crippen LogP contribution in [0.1, 0.15) is 53.8 Å². The molecule has 2 aromatic rings. The third kappa shape index (κ3) is 6.28. The monoisotopic (exact) mass is 439 g/mol. The molecule has 0 bridgehead atoms. The molecule has 1 saturated heterocycles. The van der Waals surface area contributed by atoms with E-state index in [1.54, 1.807) is 30.3 Å². The lowest BCUT2D eigenvalue weighted by Gasteiger charge is -2.19. The van der Waals surface area contributed by atoms with Crippen molar-refractivity contribution in [1.82, 2.24) is 10.2 Å². The van der Waals surface area contributed by atoms with Crippen LogP contribution in [0.3, 0.4) is 0 Å². The first kappa shape index (κ1) is 22.7. The number of rotatable bonds is 7. The number of hydrogen-bond donors (Lipinski definition) is 2. The second kappa shape index (κ2) is 10.9. The molecule has 7 heteroatoms. The number of anilines is 1. The highest BCUT2D eigenvalue weighted by molar-refractivity contribution is 7.80. The maximum absolute atomic E-state index is 12.8. The molecule has 0 saturated carbocycles. The Morgan fingerprint density at radius 3 is 2.39 bits per heavy atom. The number of amides is 2. The molecular weight excluding hydrogens is 410 g/mol. The zero-order chi connectivity index (χ0) is 22.2. The molecule has 1 aliphatic heterocycles. The molecule has 3 rings (SSSR count). The highest BCUT2D eigenvalue weighted by Gasteiger charge is 2.22. The van der Waals surface area contributed by atoms with Crippen molar-refractivity contribution in [3.05, 3.63) is 59.7 Å². The number of carbonyl (C=O) groups excluding carboxylic acids is 2. The minimum Gasteiger partial charge on any atom is -0.493 e. The number of carbonyl (C=O) groups is 2. The first-order valence-corrected chi connectivity index (χ1v) is 11.1. The lowest BCUT2D eigenvalue weighted by Crippen LogP contribution is -2.35. The van der Waals surface area contributed by atoms with E-state index in [0.29, 0.717) is 35.1 Å². The molecule has 0 aliphatic carbocycles. The van der Waals surface area contributed by atoms with Gasteiger partial charge in [0.2, 0.25) is 0 Å². The molecule has 0 radical (unpaired) electrons. The van der Waals surface area contributed by atoms with E-state index in [4.69, 9.17) is 17.0 Å². The van der Waals surface area contributed by atoms with E-state index in [1.807, 2.05) is 23.1 Å². The molecule has 0 atom stereocenters. The fraction of sp³-hybridized carbons (Fsp3) is 0.375. The van der Waals surface area contributed by atoms with Crippen molar-refractivity contribution < 1.29 is 14.3 Å². The molecule has 0 spiro atoms. The summed E-state index contributed by atoms with van der Waals surface area (Å²) >= 11 is 5.35. The Bertz CT molecular complexity index is 939. The first-order chi connectivity index (χ1) is 15.0. The van der Waals surface area contributed by atoms with Gasteiger partial charge in [-0.2, -0.15) is 0 Å². The van der Waals surface area contributed by atoms with Gasteiger partial charge >= 0.3 is 0 Å². The highest BCUT2D eigenvalue weighted by Crippen LogP contribution is 2.21. The number of thiocarbonyl (C=S) groups is 1. The van der Waals surface area contributed by atoms with Crippen molar-refractivity contribution in [3.8, 4) is 5.75 Å². The molecule has 1 heterocycles. The van der Waals surface area contributed by atoms with Crippen LogP contribution in [0.5, 0.6) is 5.75 Å². The molecule has 0 aromatic heterocycles. The molecule has 1 aliphatic rings. The Labute approximate surface area is 189 Å². The van der Waals surface area contributed by atoms with Crippen molar-refractivity contribution in [2.24, 2.45) is 5.92 Å². The van der Waals surface area contributed by atoms with E-state index in [-0.39, 0.29) is 16.9 Å². The predicted molar refractivity (Wildman–Crippen MR) is 127 cm³/mol. The Morgan fingerprint density at radius 2 is 1.68 bits per heavy atom. The van der Waals surface area contributed by atoms with Crippen LogP contribution in [-0.2, 0) is 0 Å². The summed E-state index contributed by atoms with van der Waals surface area (Å²) in [6.07, 6.45) is 2.95. The van der Waals surface area contributed by atoms with Crippen LogP contribution in [0.15, 0.2) is 48.5 Å². The molecule has 0 unspecified atom stereocenters. The third-order valence-electron chi connectivity index (χ3n) is 5.11. The van der Waals surface area contributed by atoms with Gasteiger partial charge in [-0.15, -0.1) is 0 Å². The van der Waals surface area contributed by atoms with Crippen molar-refractivity contribution in [2.75, 3.05) is 25.0 Å². The number of likely N-dealkylation sites (tertiary alicyclic amines) is 1. The fourth-order valence-corrected chi connectivity index (χ4v) is 3.58. The maximum Gasteiger partial charge on any atom is 0.261 e. The van der Waals surface area contributed by atoms with Gasteiger partial charge in [0.15, 0.2) is 5.11 Å². The van der Waals surface area contributed by atoms with E-state index >= 15 is 0 Å². The molecule has 1 fully saturated rings. The van der Waals surface area contributed by atoms with Crippen LogP contribution in [-0.4, -0.2) is 41.5 Å². The van der Waals surface area contributed by atoms with Crippen molar-refractivity contribution in [3.63, 3.8) is 0 Å². The fourth-order valence-electron chi connectivity index (χ4n) is 3.38. The Hall–Kier alpha value is -2.93. The zero-order valence-electron chi connectivity index (χ0n) is 18.0. The highest BCUT2D eigenvalue weighted by atomic mass is 32.1. The van der Waals surface area contributed by atoms with E-state index in [1.165, 1.54) is 0 Å². The summed E-state index contributed by atoms with van der Waals surface area (Å²) in [7, 11) is 0. The van der Waals surface area contributed by atoms with Crippen LogP contribution in [0.2, 0.25) is 0 Å². The van der Waals surface area contributed by atoms with Gasteiger partial charge < -0.3 is 15.0 Å². The topological polar surface area (TPSA) is 70.7 Å². The standard InChI is InChI=1S/C24H29N3O3S/c1-17(2)13-16-30-21-12-6-4-10-19(21)22(28)26-24(31)25-20-11-5-3-9-18(20)23(29)27-14-7-8-15-27/h3-6,9-12,17H,7-8,13-16H2,1-2H3,(H2,25,26,28,31). The minimum atomic E-state index is -0.360. The zero-order valence-corrected chi connectivity index (χ0v) is 18.8. The van der Waals surface area contributed by atoms with Gasteiger partial charge in [0.05, 0.1) is 23.4 Å². The molecule has 31 heavy (non-hydrogen) atoms. The summed E-state index contributed by atoms with van der Waals surface area (Å²) in [6.45, 7) is 6.32. The number of benzene rings is 2.